The molecule has 2 atom stereocenters. The van der Waals surface area contributed by atoms with Crippen LogP contribution in [-0.4, -0.2) is 63.6 Å². The maximum Gasteiger partial charge on any atom is 0.233 e. The summed E-state index contributed by atoms with van der Waals surface area (Å²) in [7, 11) is 2.17. The van der Waals surface area contributed by atoms with E-state index < -0.39 is 5.41 Å². The van der Waals surface area contributed by atoms with Crippen LogP contribution in [0.2, 0.25) is 0 Å². The second kappa shape index (κ2) is 9.95. The Bertz CT molecular complexity index is 1250. The van der Waals surface area contributed by atoms with Gasteiger partial charge < -0.3 is 14.7 Å². The number of aromatic nitrogens is 4. The molecule has 3 aromatic rings. The van der Waals surface area contributed by atoms with Gasteiger partial charge in [0, 0.05) is 57.8 Å². The van der Waals surface area contributed by atoms with Crippen LogP contribution in [0.1, 0.15) is 82.0 Å². The highest BCUT2D eigenvalue weighted by molar-refractivity contribution is 5.88. The Hall–Kier alpha value is -3.16. The smallest absolute Gasteiger partial charge is 0.233 e. The van der Waals surface area contributed by atoms with Crippen molar-refractivity contribution in [2.24, 2.45) is 0 Å². The number of amides is 1. The fourth-order valence-corrected chi connectivity index (χ4v) is 6.26. The zero-order valence-electron chi connectivity index (χ0n) is 22.3. The molecular weight excluding hydrogens is 462 g/mol. The van der Waals surface area contributed by atoms with Crippen LogP contribution in [0.15, 0.2) is 36.7 Å². The lowest BCUT2D eigenvalue weighted by Gasteiger charge is -2.41. The first-order valence-electron chi connectivity index (χ1n) is 14.1. The Morgan fingerprint density at radius 3 is 2.59 bits per heavy atom. The summed E-state index contributed by atoms with van der Waals surface area (Å²) in [6.07, 6.45) is 13.2. The molecule has 1 amide bonds. The summed E-state index contributed by atoms with van der Waals surface area (Å²) in [6, 6.07) is 8.33. The summed E-state index contributed by atoms with van der Waals surface area (Å²) in [5.41, 5.74) is 2.26. The van der Waals surface area contributed by atoms with Crippen molar-refractivity contribution in [2.75, 3.05) is 43.0 Å². The Morgan fingerprint density at radius 2 is 1.81 bits per heavy atom. The Morgan fingerprint density at radius 1 is 0.973 bits per heavy atom. The average molecular weight is 502 g/mol. The quantitative estimate of drug-likeness (QED) is 0.505. The van der Waals surface area contributed by atoms with Crippen LogP contribution in [0.3, 0.4) is 0 Å². The highest BCUT2D eigenvalue weighted by atomic mass is 16.2. The molecule has 8 nitrogen and oxygen atoms in total. The summed E-state index contributed by atoms with van der Waals surface area (Å²) in [6.45, 7) is 6.00. The van der Waals surface area contributed by atoms with Gasteiger partial charge in [0.05, 0.1) is 17.2 Å². The highest BCUT2D eigenvalue weighted by Gasteiger charge is 2.42. The molecule has 3 aliphatic heterocycles. The van der Waals surface area contributed by atoms with E-state index in [1.54, 1.807) is 6.20 Å². The summed E-state index contributed by atoms with van der Waals surface area (Å²) in [5.74, 6) is 2.33. The van der Waals surface area contributed by atoms with Gasteiger partial charge in [-0.3, -0.25) is 9.78 Å². The normalized spacial score (nSPS) is 25.5. The number of piperidine rings is 1. The number of rotatable bonds is 2. The van der Waals surface area contributed by atoms with E-state index in [1.807, 2.05) is 16.8 Å². The second-order valence-electron chi connectivity index (χ2n) is 11.3. The molecule has 2 fully saturated rings. The molecule has 6 heterocycles. The molecule has 2 unspecified atom stereocenters. The van der Waals surface area contributed by atoms with E-state index >= 15 is 0 Å². The molecule has 2 bridgehead atoms. The fourth-order valence-electron chi connectivity index (χ4n) is 6.26. The number of carbonyl (C=O) groups is 1. The molecular formula is C29H39N7O. The zero-order chi connectivity index (χ0) is 25.4. The first-order valence-corrected chi connectivity index (χ1v) is 14.1. The van der Waals surface area contributed by atoms with E-state index in [0.717, 1.165) is 106 Å². The van der Waals surface area contributed by atoms with Gasteiger partial charge in [0.1, 0.15) is 11.6 Å². The standard InChI is InChI=1S/C29H39N7O/c1-29(22-11-9-14-30-21-22)13-6-3-4-7-15-33(2)27-20-25(34-16-10-17-34)31-26-19-23(32-36(26)27)24-12-5-8-18-35(24)28(29)37/h9,11,14,19-21,24H,3-8,10,12-13,15-18H2,1-2H3. The SMILES string of the molecule is CN1CCCCCCC(C)(c2cccnc2)C(=O)N2CCCCC2c2cc3nc(N4CCC4)cc1n3n2. The van der Waals surface area contributed by atoms with Crippen LogP contribution < -0.4 is 9.80 Å². The minimum absolute atomic E-state index is 0.0327. The lowest BCUT2D eigenvalue weighted by atomic mass is 9.76. The number of carbonyl (C=O) groups excluding carboxylic acids is 1. The third-order valence-electron chi connectivity index (χ3n) is 8.78. The first-order chi connectivity index (χ1) is 18.0. The average Bonchev–Trinajstić information content (AvgIpc) is 3.32. The predicted molar refractivity (Wildman–Crippen MR) is 146 cm³/mol. The van der Waals surface area contributed by atoms with Crippen LogP contribution in [0.5, 0.6) is 0 Å². The van der Waals surface area contributed by atoms with Crippen molar-refractivity contribution >= 4 is 23.2 Å². The third-order valence-corrected chi connectivity index (χ3v) is 8.78. The highest BCUT2D eigenvalue weighted by Crippen LogP contribution is 2.39. The topological polar surface area (TPSA) is 69.9 Å². The van der Waals surface area contributed by atoms with Crippen molar-refractivity contribution in [1.82, 2.24) is 24.5 Å². The molecule has 6 rings (SSSR count). The van der Waals surface area contributed by atoms with Gasteiger partial charge in [0.2, 0.25) is 5.91 Å². The molecule has 37 heavy (non-hydrogen) atoms. The van der Waals surface area contributed by atoms with E-state index in [4.69, 9.17) is 10.1 Å². The minimum Gasteiger partial charge on any atom is -0.359 e. The van der Waals surface area contributed by atoms with Crippen LogP contribution >= 0.6 is 0 Å². The monoisotopic (exact) mass is 501 g/mol. The molecule has 0 N–H and O–H groups in total. The maximum absolute atomic E-state index is 14.4. The van der Waals surface area contributed by atoms with Gasteiger partial charge in [0.25, 0.3) is 0 Å². The molecule has 0 aliphatic carbocycles. The summed E-state index contributed by atoms with van der Waals surface area (Å²) in [5, 5.41) is 5.13. The van der Waals surface area contributed by atoms with Crippen molar-refractivity contribution in [1.29, 1.82) is 0 Å². The van der Waals surface area contributed by atoms with Crippen molar-refractivity contribution in [3.8, 4) is 0 Å². The first kappa shape index (κ1) is 24.2. The molecule has 0 aromatic carbocycles. The largest absolute Gasteiger partial charge is 0.359 e. The van der Waals surface area contributed by atoms with E-state index in [-0.39, 0.29) is 11.9 Å². The number of hydrogen-bond acceptors (Lipinski definition) is 6. The van der Waals surface area contributed by atoms with Crippen LogP contribution in [0.25, 0.3) is 5.65 Å². The molecule has 2 saturated heterocycles. The number of fused-ring (bicyclic) bond motifs is 3. The zero-order valence-corrected chi connectivity index (χ0v) is 22.3. The third kappa shape index (κ3) is 4.44. The summed E-state index contributed by atoms with van der Waals surface area (Å²) < 4.78 is 2.01. The van der Waals surface area contributed by atoms with Crippen LogP contribution in [0.4, 0.5) is 11.6 Å². The molecule has 3 aromatic heterocycles. The van der Waals surface area contributed by atoms with E-state index in [0.29, 0.717) is 0 Å². The Kier molecular flexibility index (Phi) is 6.51. The van der Waals surface area contributed by atoms with Crippen molar-refractivity contribution in [2.45, 2.75) is 76.2 Å². The van der Waals surface area contributed by atoms with Crippen molar-refractivity contribution in [3.05, 3.63) is 47.9 Å². The Balaban J connectivity index is 1.45. The molecule has 8 heteroatoms. The van der Waals surface area contributed by atoms with Gasteiger partial charge in [0.15, 0.2) is 5.65 Å². The minimum atomic E-state index is -0.589. The Labute approximate surface area is 219 Å². The second-order valence-corrected chi connectivity index (χ2v) is 11.3. The maximum atomic E-state index is 14.4. The summed E-state index contributed by atoms with van der Waals surface area (Å²) in [4.78, 5) is 30.6. The fraction of sp³-hybridized carbons (Fsp3) is 0.586. The van der Waals surface area contributed by atoms with E-state index in [2.05, 4.69) is 51.9 Å². The summed E-state index contributed by atoms with van der Waals surface area (Å²) >= 11 is 0. The molecule has 3 aliphatic rings. The number of hydrogen-bond donors (Lipinski definition) is 0. The predicted octanol–water partition coefficient (Wildman–Crippen LogP) is 4.75. The van der Waals surface area contributed by atoms with Crippen molar-refractivity contribution < 1.29 is 4.79 Å². The van der Waals surface area contributed by atoms with Crippen LogP contribution in [-0.2, 0) is 10.2 Å². The number of nitrogens with zero attached hydrogens (tertiary/aromatic N) is 7. The van der Waals surface area contributed by atoms with Gasteiger partial charge in [-0.05, 0) is 57.1 Å². The van der Waals surface area contributed by atoms with E-state index in [1.165, 1.54) is 6.42 Å². The lowest BCUT2D eigenvalue weighted by molar-refractivity contribution is -0.141. The van der Waals surface area contributed by atoms with Gasteiger partial charge in [-0.2, -0.15) is 9.61 Å². The van der Waals surface area contributed by atoms with Gasteiger partial charge >= 0.3 is 0 Å². The van der Waals surface area contributed by atoms with E-state index in [9.17, 15) is 4.79 Å². The van der Waals surface area contributed by atoms with Crippen LogP contribution in [0, 0.1) is 0 Å². The van der Waals surface area contributed by atoms with Gasteiger partial charge in [-0.1, -0.05) is 25.3 Å². The molecule has 0 spiro atoms. The number of anilines is 2. The molecule has 196 valence electrons. The number of pyridine rings is 1. The molecule has 0 radical (unpaired) electrons. The van der Waals surface area contributed by atoms with Crippen molar-refractivity contribution in [3.63, 3.8) is 0 Å². The van der Waals surface area contributed by atoms with Gasteiger partial charge in [-0.15, -0.1) is 0 Å². The van der Waals surface area contributed by atoms with Gasteiger partial charge in [-0.25, -0.2) is 4.98 Å². The molecule has 0 saturated carbocycles. The lowest BCUT2D eigenvalue weighted by Crippen LogP contribution is -2.48.